The van der Waals surface area contributed by atoms with Gasteiger partial charge in [0.15, 0.2) is 5.79 Å². The van der Waals surface area contributed by atoms with E-state index in [0.29, 0.717) is 71.0 Å². The van der Waals surface area contributed by atoms with Crippen molar-refractivity contribution in [1.82, 2.24) is 19.8 Å². The van der Waals surface area contributed by atoms with Crippen LogP contribution >= 0.6 is 0 Å². The van der Waals surface area contributed by atoms with E-state index >= 15 is 0 Å². The Morgan fingerprint density at radius 2 is 1.63 bits per heavy atom. The number of aromatic nitrogens is 2. The van der Waals surface area contributed by atoms with Crippen molar-refractivity contribution >= 4 is 17.6 Å². The van der Waals surface area contributed by atoms with Crippen LogP contribution in [0.3, 0.4) is 0 Å². The smallest absolute Gasteiger partial charge is 0.272 e. The lowest BCUT2D eigenvalue weighted by molar-refractivity contribution is -0.181. The van der Waals surface area contributed by atoms with E-state index in [2.05, 4.69) is 14.9 Å². The van der Waals surface area contributed by atoms with Gasteiger partial charge in [0.25, 0.3) is 5.91 Å². The van der Waals surface area contributed by atoms with Crippen LogP contribution in [0.1, 0.15) is 30.3 Å². The van der Waals surface area contributed by atoms with Crippen molar-refractivity contribution in [3.8, 4) is 0 Å². The molecular formula is C18H25N5O4. The Kier molecular flexibility index (Phi) is 4.96. The first-order chi connectivity index (χ1) is 13.1. The molecule has 9 heteroatoms. The molecule has 9 nitrogen and oxygen atoms in total. The summed E-state index contributed by atoms with van der Waals surface area (Å²) in [6.07, 6.45) is 2.81. The molecule has 3 saturated heterocycles. The standard InChI is InChI=1S/C18H25N5O4/c1-14(24)21-6-8-22(9-7-21)16-12-15(19-13-20-16)17(25)23-4-2-18(3-5-23)26-10-11-27-18/h12-13H,2-11H2,1H3. The van der Waals surface area contributed by atoms with Crippen LogP contribution in [0, 0.1) is 0 Å². The Balaban J connectivity index is 1.39. The summed E-state index contributed by atoms with van der Waals surface area (Å²) in [5.74, 6) is 0.233. The number of piperazine rings is 1. The molecule has 4 heterocycles. The maximum atomic E-state index is 12.9. The highest BCUT2D eigenvalue weighted by Crippen LogP contribution is 2.31. The van der Waals surface area contributed by atoms with Gasteiger partial charge in [-0.15, -0.1) is 0 Å². The molecule has 0 N–H and O–H groups in total. The fraction of sp³-hybridized carbons (Fsp3) is 0.667. The summed E-state index contributed by atoms with van der Waals surface area (Å²) in [6.45, 7) is 6.75. The van der Waals surface area contributed by atoms with E-state index in [0.717, 1.165) is 5.82 Å². The molecule has 3 aliphatic rings. The zero-order chi connectivity index (χ0) is 18.9. The number of amides is 2. The highest BCUT2D eigenvalue weighted by Gasteiger charge is 2.41. The second-order valence-corrected chi connectivity index (χ2v) is 7.15. The van der Waals surface area contributed by atoms with E-state index in [1.165, 1.54) is 6.33 Å². The summed E-state index contributed by atoms with van der Waals surface area (Å²) >= 11 is 0. The van der Waals surface area contributed by atoms with Crippen LogP contribution in [-0.4, -0.2) is 89.9 Å². The molecule has 0 bridgehead atoms. The van der Waals surface area contributed by atoms with Gasteiger partial charge in [-0.2, -0.15) is 0 Å². The van der Waals surface area contributed by atoms with Crippen molar-refractivity contribution in [3.63, 3.8) is 0 Å². The Hall–Kier alpha value is -2.26. The van der Waals surface area contributed by atoms with Crippen LogP contribution in [0.4, 0.5) is 5.82 Å². The first-order valence-corrected chi connectivity index (χ1v) is 9.46. The molecule has 3 fully saturated rings. The van der Waals surface area contributed by atoms with Crippen molar-refractivity contribution in [2.24, 2.45) is 0 Å². The molecule has 27 heavy (non-hydrogen) atoms. The van der Waals surface area contributed by atoms with Gasteiger partial charge in [0.2, 0.25) is 5.91 Å². The van der Waals surface area contributed by atoms with Gasteiger partial charge in [-0.1, -0.05) is 0 Å². The van der Waals surface area contributed by atoms with Gasteiger partial charge in [-0.3, -0.25) is 9.59 Å². The van der Waals surface area contributed by atoms with Crippen molar-refractivity contribution in [1.29, 1.82) is 0 Å². The Labute approximate surface area is 158 Å². The lowest BCUT2D eigenvalue weighted by Crippen LogP contribution is -2.48. The van der Waals surface area contributed by atoms with E-state index in [9.17, 15) is 9.59 Å². The zero-order valence-corrected chi connectivity index (χ0v) is 15.6. The molecule has 146 valence electrons. The summed E-state index contributed by atoms with van der Waals surface area (Å²) in [6, 6.07) is 1.75. The Morgan fingerprint density at radius 3 is 2.26 bits per heavy atom. The first-order valence-electron chi connectivity index (χ1n) is 9.46. The molecular weight excluding hydrogens is 350 g/mol. The van der Waals surface area contributed by atoms with Gasteiger partial charge in [0.05, 0.1) is 13.2 Å². The van der Waals surface area contributed by atoms with E-state index < -0.39 is 5.79 Å². The summed E-state index contributed by atoms with van der Waals surface area (Å²) < 4.78 is 11.4. The van der Waals surface area contributed by atoms with Crippen LogP contribution in [0.2, 0.25) is 0 Å². The highest BCUT2D eigenvalue weighted by atomic mass is 16.7. The molecule has 1 aromatic heterocycles. The van der Waals surface area contributed by atoms with Crippen LogP contribution in [-0.2, 0) is 14.3 Å². The molecule has 0 radical (unpaired) electrons. The van der Waals surface area contributed by atoms with Gasteiger partial charge >= 0.3 is 0 Å². The first kappa shape index (κ1) is 18.1. The Bertz CT molecular complexity index is 703. The van der Waals surface area contributed by atoms with Gasteiger partial charge in [-0.25, -0.2) is 9.97 Å². The minimum Gasteiger partial charge on any atom is -0.353 e. The number of carbonyl (C=O) groups is 2. The van der Waals surface area contributed by atoms with Crippen LogP contribution < -0.4 is 4.90 Å². The SMILES string of the molecule is CC(=O)N1CCN(c2cc(C(=O)N3CCC4(CC3)OCCO4)ncn2)CC1. The topological polar surface area (TPSA) is 88.1 Å². The lowest BCUT2D eigenvalue weighted by atomic mass is 10.0. The number of rotatable bonds is 2. The van der Waals surface area contributed by atoms with Gasteiger partial charge in [-0.05, 0) is 0 Å². The maximum Gasteiger partial charge on any atom is 0.272 e. The van der Waals surface area contributed by atoms with Crippen LogP contribution in [0.5, 0.6) is 0 Å². The van der Waals surface area contributed by atoms with E-state index in [4.69, 9.17) is 9.47 Å². The molecule has 3 aliphatic heterocycles. The number of hydrogen-bond acceptors (Lipinski definition) is 7. The van der Waals surface area contributed by atoms with Crippen LogP contribution in [0.15, 0.2) is 12.4 Å². The average molecular weight is 375 g/mol. The van der Waals surface area contributed by atoms with Crippen molar-refractivity contribution < 1.29 is 19.1 Å². The largest absolute Gasteiger partial charge is 0.353 e. The molecule has 1 spiro atoms. The molecule has 0 unspecified atom stereocenters. The fourth-order valence-electron chi connectivity index (χ4n) is 3.89. The predicted octanol–water partition coefficient (Wildman–Crippen LogP) is 0.124. The summed E-state index contributed by atoms with van der Waals surface area (Å²) in [5, 5.41) is 0. The van der Waals surface area contributed by atoms with Gasteiger partial charge in [0.1, 0.15) is 17.8 Å². The summed E-state index contributed by atoms with van der Waals surface area (Å²) in [5.41, 5.74) is 0.401. The van der Waals surface area contributed by atoms with E-state index in [1.54, 1.807) is 17.9 Å². The number of nitrogens with zero attached hydrogens (tertiary/aromatic N) is 5. The normalized spacial score (nSPS) is 22.3. The number of ether oxygens (including phenoxy) is 2. The molecule has 0 aliphatic carbocycles. The minimum absolute atomic E-state index is 0.0890. The molecule has 0 aromatic carbocycles. The predicted molar refractivity (Wildman–Crippen MR) is 96.3 cm³/mol. The monoisotopic (exact) mass is 375 g/mol. The van der Waals surface area contributed by atoms with Crippen molar-refractivity contribution in [2.75, 3.05) is 57.4 Å². The molecule has 0 atom stereocenters. The van der Waals surface area contributed by atoms with Crippen molar-refractivity contribution in [3.05, 3.63) is 18.1 Å². The lowest BCUT2D eigenvalue weighted by Gasteiger charge is -2.37. The van der Waals surface area contributed by atoms with Crippen LogP contribution in [0.25, 0.3) is 0 Å². The minimum atomic E-state index is -0.496. The zero-order valence-electron chi connectivity index (χ0n) is 15.6. The molecule has 1 aromatic rings. The van der Waals surface area contributed by atoms with Crippen molar-refractivity contribution in [2.45, 2.75) is 25.6 Å². The average Bonchev–Trinajstić information content (AvgIpc) is 3.16. The molecule has 0 saturated carbocycles. The summed E-state index contributed by atoms with van der Waals surface area (Å²) in [7, 11) is 0. The quantitative estimate of drug-likeness (QED) is 0.726. The number of likely N-dealkylation sites (tertiary alicyclic amines) is 1. The number of anilines is 1. The van der Waals surface area contributed by atoms with E-state index in [-0.39, 0.29) is 11.8 Å². The summed E-state index contributed by atoms with van der Waals surface area (Å²) in [4.78, 5) is 38.5. The third kappa shape index (κ3) is 3.74. The van der Waals surface area contributed by atoms with Gasteiger partial charge < -0.3 is 24.2 Å². The second-order valence-electron chi connectivity index (χ2n) is 7.15. The highest BCUT2D eigenvalue weighted by molar-refractivity contribution is 5.93. The maximum absolute atomic E-state index is 12.9. The molecule has 2 amide bonds. The third-order valence-electron chi connectivity index (χ3n) is 5.55. The number of carbonyl (C=O) groups excluding carboxylic acids is 2. The fourth-order valence-corrected chi connectivity index (χ4v) is 3.89. The molecule has 4 rings (SSSR count). The third-order valence-corrected chi connectivity index (χ3v) is 5.55. The van der Waals surface area contributed by atoms with Gasteiger partial charge in [0, 0.05) is 65.1 Å². The Morgan fingerprint density at radius 1 is 0.963 bits per heavy atom. The van der Waals surface area contributed by atoms with E-state index in [1.807, 2.05) is 4.90 Å². The number of piperidine rings is 1. The second kappa shape index (κ2) is 7.40. The number of hydrogen-bond donors (Lipinski definition) is 0.